The predicted molar refractivity (Wildman–Crippen MR) is 79.0 cm³/mol. The first-order valence-electron chi connectivity index (χ1n) is 6.85. The number of nitrogens with zero attached hydrogens (tertiary/aromatic N) is 2. The fourth-order valence-corrected chi connectivity index (χ4v) is 3.24. The van der Waals surface area contributed by atoms with E-state index in [0.29, 0.717) is 0 Å². The summed E-state index contributed by atoms with van der Waals surface area (Å²) in [5.41, 5.74) is 5.13. The van der Waals surface area contributed by atoms with Crippen LogP contribution in [-0.2, 0) is 13.0 Å². The van der Waals surface area contributed by atoms with Crippen molar-refractivity contribution >= 4 is 10.9 Å². The van der Waals surface area contributed by atoms with E-state index in [2.05, 4.69) is 32.7 Å². The fraction of sp³-hybridized carbons (Fsp3) is 0.250. The molecule has 100 valence electrons. The summed E-state index contributed by atoms with van der Waals surface area (Å²) in [5.74, 6) is 0.792. The molecule has 0 bridgehead atoms. The van der Waals surface area contributed by atoms with Gasteiger partial charge in [-0.25, -0.2) is 0 Å². The molecule has 0 unspecified atom stereocenters. The van der Waals surface area contributed by atoms with Gasteiger partial charge in [0, 0.05) is 23.0 Å². The van der Waals surface area contributed by atoms with Crippen molar-refractivity contribution < 1.29 is 0 Å². The van der Waals surface area contributed by atoms with Crippen LogP contribution in [0.5, 0.6) is 0 Å². The summed E-state index contributed by atoms with van der Waals surface area (Å²) in [7, 11) is 0. The Morgan fingerprint density at radius 1 is 1.25 bits per heavy atom. The second kappa shape index (κ2) is 3.82. The van der Waals surface area contributed by atoms with E-state index in [1.165, 1.54) is 10.9 Å². The minimum Gasteiger partial charge on any atom is -0.353 e. The summed E-state index contributed by atoms with van der Waals surface area (Å²) in [6.45, 7) is 4.64. The number of hydrogen-bond acceptors (Lipinski definition) is 2. The number of benzene rings is 1. The monoisotopic (exact) mass is 265 g/mol. The number of aryl methyl sites for hydroxylation is 2. The van der Waals surface area contributed by atoms with Crippen molar-refractivity contribution in [3.05, 3.63) is 51.6 Å². The lowest BCUT2D eigenvalue weighted by Crippen LogP contribution is -2.24. The molecule has 0 saturated heterocycles. The van der Waals surface area contributed by atoms with E-state index in [1.807, 2.05) is 19.9 Å². The number of aromatic amines is 1. The van der Waals surface area contributed by atoms with Gasteiger partial charge in [-0.1, -0.05) is 18.2 Å². The van der Waals surface area contributed by atoms with Gasteiger partial charge in [-0.15, -0.1) is 0 Å². The number of fused-ring (bicyclic) bond motifs is 5. The summed E-state index contributed by atoms with van der Waals surface area (Å²) in [6, 6.07) is 8.31. The van der Waals surface area contributed by atoms with Crippen molar-refractivity contribution in [3.8, 4) is 11.4 Å². The highest BCUT2D eigenvalue weighted by atomic mass is 16.1. The molecule has 0 amide bonds. The maximum atomic E-state index is 12.0. The summed E-state index contributed by atoms with van der Waals surface area (Å²) < 4.78 is 2.15. The maximum absolute atomic E-state index is 12.0. The van der Waals surface area contributed by atoms with Crippen molar-refractivity contribution in [2.24, 2.45) is 0 Å². The summed E-state index contributed by atoms with van der Waals surface area (Å²) >= 11 is 0. The average molecular weight is 265 g/mol. The van der Waals surface area contributed by atoms with Crippen LogP contribution in [0.1, 0.15) is 17.0 Å². The van der Waals surface area contributed by atoms with Gasteiger partial charge in [0.15, 0.2) is 0 Å². The van der Waals surface area contributed by atoms with Crippen LogP contribution in [0.4, 0.5) is 0 Å². The maximum Gasteiger partial charge on any atom is 0.276 e. The van der Waals surface area contributed by atoms with E-state index < -0.39 is 0 Å². The molecule has 0 atom stereocenters. The first-order chi connectivity index (χ1) is 9.66. The van der Waals surface area contributed by atoms with Gasteiger partial charge < -0.3 is 9.55 Å². The quantitative estimate of drug-likeness (QED) is 0.679. The Balaban J connectivity index is 2.16. The Morgan fingerprint density at radius 3 is 2.90 bits per heavy atom. The first-order valence-corrected chi connectivity index (χ1v) is 6.85. The molecule has 1 aliphatic heterocycles. The highest BCUT2D eigenvalue weighted by molar-refractivity contribution is 5.91. The molecule has 1 aliphatic rings. The number of para-hydroxylation sites is 1. The molecule has 3 aromatic rings. The van der Waals surface area contributed by atoms with E-state index in [0.717, 1.165) is 41.3 Å². The molecule has 4 heteroatoms. The summed E-state index contributed by atoms with van der Waals surface area (Å²) in [4.78, 5) is 19.6. The molecular formula is C16H15N3O. The minimum absolute atomic E-state index is 0.125. The molecular weight excluding hydrogens is 250 g/mol. The standard InChI is InChI=1S/C16H15N3O/c1-9-15-14-12(11-5-3-4-6-13(11)18-14)7-8-19(15)10(2)17-16(9)20/h3-6,18H,7-8H2,1-2H3. The zero-order valence-electron chi connectivity index (χ0n) is 11.5. The highest BCUT2D eigenvalue weighted by Gasteiger charge is 2.24. The molecule has 0 spiro atoms. The van der Waals surface area contributed by atoms with Crippen molar-refractivity contribution in [2.45, 2.75) is 26.8 Å². The Morgan fingerprint density at radius 2 is 2.05 bits per heavy atom. The van der Waals surface area contributed by atoms with Crippen LogP contribution in [0.2, 0.25) is 0 Å². The first kappa shape index (κ1) is 11.5. The van der Waals surface area contributed by atoms with Crippen molar-refractivity contribution in [2.75, 3.05) is 0 Å². The van der Waals surface area contributed by atoms with Crippen molar-refractivity contribution in [3.63, 3.8) is 0 Å². The van der Waals surface area contributed by atoms with Crippen molar-refractivity contribution in [1.29, 1.82) is 0 Å². The normalized spacial score (nSPS) is 13.3. The van der Waals surface area contributed by atoms with Crippen molar-refractivity contribution in [1.82, 2.24) is 14.5 Å². The summed E-state index contributed by atoms with van der Waals surface area (Å²) in [5, 5.41) is 1.26. The topological polar surface area (TPSA) is 50.7 Å². The lowest BCUT2D eigenvalue weighted by Gasteiger charge is -2.22. The van der Waals surface area contributed by atoms with Gasteiger partial charge in [-0.05, 0) is 31.9 Å². The van der Waals surface area contributed by atoms with Gasteiger partial charge in [0.25, 0.3) is 5.56 Å². The SMILES string of the molecule is Cc1c2n(c(C)nc1=O)CCc1c-2[nH]c2ccccc12. The molecule has 0 radical (unpaired) electrons. The second-order valence-electron chi connectivity index (χ2n) is 5.36. The average Bonchev–Trinajstić information content (AvgIpc) is 2.82. The number of rotatable bonds is 0. The smallest absolute Gasteiger partial charge is 0.276 e. The van der Waals surface area contributed by atoms with Gasteiger partial charge in [0.2, 0.25) is 0 Å². The Hall–Kier alpha value is -2.36. The van der Waals surface area contributed by atoms with E-state index >= 15 is 0 Å². The van der Waals surface area contributed by atoms with E-state index in [4.69, 9.17) is 0 Å². The van der Waals surface area contributed by atoms with Crippen LogP contribution < -0.4 is 5.56 Å². The van der Waals surface area contributed by atoms with Gasteiger partial charge in [0.1, 0.15) is 5.82 Å². The molecule has 4 rings (SSSR count). The number of hydrogen-bond donors (Lipinski definition) is 1. The predicted octanol–water partition coefficient (Wildman–Crippen LogP) is 2.56. The number of aromatic nitrogens is 3. The molecule has 0 fully saturated rings. The van der Waals surface area contributed by atoms with Gasteiger partial charge >= 0.3 is 0 Å². The van der Waals surface area contributed by atoms with Crippen LogP contribution in [0.25, 0.3) is 22.3 Å². The van der Waals surface area contributed by atoms with Gasteiger partial charge in [-0.3, -0.25) is 4.79 Å². The third-order valence-electron chi connectivity index (χ3n) is 4.24. The molecule has 1 aromatic carbocycles. The van der Waals surface area contributed by atoms with Crippen LogP contribution in [0.3, 0.4) is 0 Å². The Labute approximate surface area is 116 Å². The van der Waals surface area contributed by atoms with Crippen LogP contribution in [0, 0.1) is 13.8 Å². The van der Waals surface area contributed by atoms with Gasteiger partial charge in [0.05, 0.1) is 11.4 Å². The lowest BCUT2D eigenvalue weighted by atomic mass is 10.00. The van der Waals surface area contributed by atoms with Crippen LogP contribution >= 0.6 is 0 Å². The molecule has 3 heterocycles. The molecule has 0 saturated carbocycles. The van der Waals surface area contributed by atoms with E-state index in [1.54, 1.807) is 0 Å². The third-order valence-corrected chi connectivity index (χ3v) is 4.24. The van der Waals surface area contributed by atoms with E-state index in [-0.39, 0.29) is 5.56 Å². The lowest BCUT2D eigenvalue weighted by molar-refractivity contribution is 0.635. The molecule has 2 aromatic heterocycles. The Bertz CT molecular complexity index is 902. The Kier molecular flexibility index (Phi) is 2.19. The highest BCUT2D eigenvalue weighted by Crippen LogP contribution is 2.35. The van der Waals surface area contributed by atoms with Crippen LogP contribution in [0.15, 0.2) is 29.1 Å². The number of H-pyrrole nitrogens is 1. The van der Waals surface area contributed by atoms with E-state index in [9.17, 15) is 4.79 Å². The van der Waals surface area contributed by atoms with Gasteiger partial charge in [-0.2, -0.15) is 4.98 Å². The summed E-state index contributed by atoms with van der Waals surface area (Å²) in [6.07, 6.45) is 0.969. The molecule has 1 N–H and O–H groups in total. The second-order valence-corrected chi connectivity index (χ2v) is 5.36. The van der Waals surface area contributed by atoms with Crippen LogP contribution in [-0.4, -0.2) is 14.5 Å². The zero-order chi connectivity index (χ0) is 13.9. The largest absolute Gasteiger partial charge is 0.353 e. The number of nitrogens with one attached hydrogen (secondary N) is 1. The minimum atomic E-state index is -0.125. The molecule has 4 nitrogen and oxygen atoms in total. The molecule has 0 aliphatic carbocycles. The fourth-order valence-electron chi connectivity index (χ4n) is 3.24. The molecule has 20 heavy (non-hydrogen) atoms. The third kappa shape index (κ3) is 1.36. The zero-order valence-corrected chi connectivity index (χ0v) is 11.5.